The van der Waals surface area contributed by atoms with Gasteiger partial charge in [0.15, 0.2) is 16.6 Å². The molecule has 1 heterocycles. The van der Waals surface area contributed by atoms with Crippen molar-refractivity contribution in [3.05, 3.63) is 77.9 Å². The quantitative estimate of drug-likeness (QED) is 0.191. The van der Waals surface area contributed by atoms with Crippen molar-refractivity contribution in [1.29, 1.82) is 0 Å². The van der Waals surface area contributed by atoms with E-state index in [9.17, 15) is 14.4 Å². The largest absolute Gasteiger partial charge is 0.497 e. The molecular formula is C33H37N3O7S. The molecule has 2 amide bonds. The molecule has 1 saturated heterocycles. The first-order valence-electron chi connectivity index (χ1n) is 14.5. The van der Waals surface area contributed by atoms with E-state index in [1.807, 2.05) is 32.0 Å². The highest BCUT2D eigenvalue weighted by Gasteiger charge is 2.44. The molecule has 0 radical (unpaired) electrons. The van der Waals surface area contributed by atoms with E-state index in [1.165, 1.54) is 4.90 Å². The number of methoxy groups -OCH3 is 1. The Labute approximate surface area is 262 Å². The Kier molecular flexibility index (Phi) is 11.1. The maximum atomic E-state index is 13.9. The molecule has 1 aliphatic rings. The maximum Gasteiger partial charge on any atom is 0.338 e. The summed E-state index contributed by atoms with van der Waals surface area (Å²) in [7, 11) is 1.57. The summed E-state index contributed by atoms with van der Waals surface area (Å²) in [5.41, 5.74) is 2.40. The number of hydrogen-bond donors (Lipinski definition) is 1. The number of anilines is 2. The van der Waals surface area contributed by atoms with Crippen molar-refractivity contribution in [3.8, 4) is 17.2 Å². The monoisotopic (exact) mass is 619 g/mol. The van der Waals surface area contributed by atoms with E-state index in [1.54, 1.807) is 67.5 Å². The first-order valence-corrected chi connectivity index (χ1v) is 14.9. The molecule has 1 N–H and O–H groups in total. The van der Waals surface area contributed by atoms with Gasteiger partial charge in [0.2, 0.25) is 5.91 Å². The van der Waals surface area contributed by atoms with Gasteiger partial charge >= 0.3 is 5.97 Å². The average molecular weight is 620 g/mol. The molecule has 0 aliphatic carbocycles. The molecule has 10 nitrogen and oxygen atoms in total. The smallest absolute Gasteiger partial charge is 0.338 e. The number of hydrogen-bond acceptors (Lipinski definition) is 8. The first kappa shape index (κ1) is 32.3. The Morgan fingerprint density at radius 2 is 1.57 bits per heavy atom. The predicted octanol–water partition coefficient (Wildman–Crippen LogP) is 5.24. The van der Waals surface area contributed by atoms with Crippen molar-refractivity contribution >= 4 is 46.5 Å². The zero-order chi connectivity index (χ0) is 31.6. The Bertz CT molecular complexity index is 1480. The van der Waals surface area contributed by atoms with Crippen LogP contribution < -0.4 is 24.4 Å². The van der Waals surface area contributed by atoms with Gasteiger partial charge in [-0.1, -0.05) is 6.07 Å². The van der Waals surface area contributed by atoms with E-state index in [4.69, 9.17) is 31.2 Å². The lowest BCUT2D eigenvalue weighted by Gasteiger charge is -2.24. The maximum absolute atomic E-state index is 13.9. The van der Waals surface area contributed by atoms with Crippen molar-refractivity contribution in [2.45, 2.75) is 39.7 Å². The van der Waals surface area contributed by atoms with E-state index < -0.39 is 12.0 Å². The Morgan fingerprint density at radius 1 is 0.886 bits per heavy atom. The number of rotatable bonds is 14. The second-order valence-electron chi connectivity index (χ2n) is 9.81. The second kappa shape index (κ2) is 15.2. The normalized spacial score (nSPS) is 14.4. The Balaban J connectivity index is 1.57. The van der Waals surface area contributed by atoms with E-state index in [2.05, 4.69) is 5.32 Å². The van der Waals surface area contributed by atoms with Gasteiger partial charge in [-0.15, -0.1) is 0 Å². The van der Waals surface area contributed by atoms with Crippen molar-refractivity contribution in [3.63, 3.8) is 0 Å². The summed E-state index contributed by atoms with van der Waals surface area (Å²) in [6.45, 7) is 7.19. The van der Waals surface area contributed by atoms with E-state index in [0.717, 1.165) is 5.56 Å². The molecule has 1 aliphatic heterocycles. The summed E-state index contributed by atoms with van der Waals surface area (Å²) in [4.78, 5) is 42.4. The molecule has 0 aromatic heterocycles. The van der Waals surface area contributed by atoms with Gasteiger partial charge in [0.05, 0.1) is 44.6 Å². The minimum Gasteiger partial charge on any atom is -0.497 e. The van der Waals surface area contributed by atoms with E-state index in [0.29, 0.717) is 60.4 Å². The summed E-state index contributed by atoms with van der Waals surface area (Å²) in [5, 5.41) is 3.13. The number of nitrogens with zero attached hydrogens (tertiary/aromatic N) is 2. The fourth-order valence-corrected chi connectivity index (χ4v) is 5.26. The van der Waals surface area contributed by atoms with E-state index in [-0.39, 0.29) is 30.0 Å². The Hall–Kier alpha value is -4.64. The number of carbonyl (C=O) groups excluding carboxylic acids is 3. The molecule has 1 fully saturated rings. The fourth-order valence-electron chi connectivity index (χ4n) is 4.85. The highest BCUT2D eigenvalue weighted by molar-refractivity contribution is 7.80. The summed E-state index contributed by atoms with van der Waals surface area (Å²) in [6.07, 6.45) is 0.419. The Morgan fingerprint density at radius 3 is 2.20 bits per heavy atom. The zero-order valence-corrected chi connectivity index (χ0v) is 26.1. The van der Waals surface area contributed by atoms with E-state index >= 15 is 0 Å². The molecule has 0 bridgehead atoms. The molecule has 44 heavy (non-hydrogen) atoms. The topological polar surface area (TPSA) is 107 Å². The van der Waals surface area contributed by atoms with Crippen LogP contribution in [0.25, 0.3) is 0 Å². The van der Waals surface area contributed by atoms with Crippen LogP contribution >= 0.6 is 12.2 Å². The third kappa shape index (κ3) is 7.65. The standard InChI is InChI=1S/C33H37N3O7S/c1-5-41-28-17-8-22(20-29(28)42-6-2)18-19-35-27(21-30(37)34-24-11-15-26(40-4)16-12-24)31(38)36(33(35)44)25-13-9-23(10-14-25)32(39)43-7-3/h8-17,20,27H,5-7,18-19,21H2,1-4H3,(H,34,37)/t27-/m1/s1. The number of thiocarbonyl (C=S) groups is 1. The van der Waals surface area contributed by atoms with Crippen molar-refractivity contribution < 1.29 is 33.3 Å². The number of esters is 1. The number of amides is 2. The van der Waals surface area contributed by atoms with Gasteiger partial charge < -0.3 is 29.2 Å². The van der Waals surface area contributed by atoms with Crippen LogP contribution in [-0.2, 0) is 20.7 Å². The predicted molar refractivity (Wildman–Crippen MR) is 172 cm³/mol. The lowest BCUT2D eigenvalue weighted by molar-refractivity contribution is -0.124. The van der Waals surface area contributed by atoms with Gasteiger partial charge in [0.1, 0.15) is 11.8 Å². The van der Waals surface area contributed by atoms with Crippen LogP contribution in [0.4, 0.5) is 11.4 Å². The van der Waals surface area contributed by atoms with Gasteiger partial charge in [0.25, 0.3) is 5.91 Å². The second-order valence-corrected chi connectivity index (χ2v) is 10.2. The van der Waals surface area contributed by atoms with Gasteiger partial charge in [-0.05, 0) is 106 Å². The highest BCUT2D eigenvalue weighted by Crippen LogP contribution is 2.31. The van der Waals surface area contributed by atoms with Crippen LogP contribution in [0.3, 0.4) is 0 Å². The van der Waals surface area contributed by atoms with Gasteiger partial charge in [-0.2, -0.15) is 0 Å². The van der Waals surface area contributed by atoms with Gasteiger partial charge in [0, 0.05) is 12.2 Å². The first-order chi connectivity index (χ1) is 21.3. The third-order valence-electron chi connectivity index (χ3n) is 6.96. The van der Waals surface area contributed by atoms with Crippen molar-refractivity contribution in [2.75, 3.05) is 43.7 Å². The lowest BCUT2D eigenvalue weighted by Crippen LogP contribution is -2.39. The number of carbonyl (C=O) groups is 3. The van der Waals surface area contributed by atoms with Crippen molar-refractivity contribution in [2.24, 2.45) is 0 Å². The minimum absolute atomic E-state index is 0.115. The molecule has 1 atom stereocenters. The van der Waals surface area contributed by atoms with Crippen LogP contribution in [0.1, 0.15) is 43.1 Å². The summed E-state index contributed by atoms with van der Waals surface area (Å²) in [6, 6.07) is 18.3. The molecule has 4 rings (SSSR count). The molecule has 0 saturated carbocycles. The zero-order valence-electron chi connectivity index (χ0n) is 25.3. The molecule has 3 aromatic rings. The minimum atomic E-state index is -0.834. The molecule has 3 aromatic carbocycles. The third-order valence-corrected chi connectivity index (χ3v) is 7.37. The highest BCUT2D eigenvalue weighted by atomic mass is 32.1. The summed E-state index contributed by atoms with van der Waals surface area (Å²) >= 11 is 5.82. The number of benzene rings is 3. The van der Waals surface area contributed by atoms with Crippen LogP contribution in [0.2, 0.25) is 0 Å². The van der Waals surface area contributed by atoms with Crippen LogP contribution in [0, 0.1) is 0 Å². The van der Waals surface area contributed by atoms with Crippen LogP contribution in [0.5, 0.6) is 17.2 Å². The number of ether oxygens (including phenoxy) is 4. The summed E-state index contributed by atoms with van der Waals surface area (Å²) in [5.74, 6) is 0.856. The van der Waals surface area contributed by atoms with Gasteiger partial charge in [-0.25, -0.2) is 4.79 Å². The molecular weight excluding hydrogens is 582 g/mol. The van der Waals surface area contributed by atoms with Crippen LogP contribution in [-0.4, -0.2) is 67.3 Å². The molecule has 232 valence electrons. The lowest BCUT2D eigenvalue weighted by atomic mass is 10.1. The average Bonchev–Trinajstić information content (AvgIpc) is 3.25. The van der Waals surface area contributed by atoms with Gasteiger partial charge in [-0.3, -0.25) is 14.5 Å². The van der Waals surface area contributed by atoms with Crippen LogP contribution in [0.15, 0.2) is 66.7 Å². The molecule has 0 unspecified atom stereocenters. The molecule has 0 spiro atoms. The number of nitrogens with one attached hydrogen (secondary N) is 1. The van der Waals surface area contributed by atoms with Crippen molar-refractivity contribution in [1.82, 2.24) is 4.90 Å². The molecule has 11 heteroatoms. The SMILES string of the molecule is CCOC(=O)c1ccc(N2C(=O)[C@@H](CC(=O)Nc3ccc(OC)cc3)N(CCc3ccc(OCC)c(OCC)c3)C2=S)cc1. The summed E-state index contributed by atoms with van der Waals surface area (Å²) < 4.78 is 21.7. The fraction of sp³-hybridized carbons (Fsp3) is 0.333.